The van der Waals surface area contributed by atoms with Crippen molar-refractivity contribution in [3.8, 4) is 0 Å². The first kappa shape index (κ1) is 28.0. The Bertz CT molecular complexity index is 797. The number of aliphatic hydroxyl groups excluding tert-OH is 2. The number of carboxylic acids is 1. The van der Waals surface area contributed by atoms with Crippen molar-refractivity contribution < 1.29 is 34.5 Å². The normalized spacial score (nSPS) is 16.7. The Morgan fingerprint density at radius 2 is 1.55 bits per heavy atom. The molecule has 3 amide bonds. The summed E-state index contributed by atoms with van der Waals surface area (Å²) in [5, 5.41) is 35.6. The van der Waals surface area contributed by atoms with E-state index in [-0.39, 0.29) is 18.8 Å². The van der Waals surface area contributed by atoms with Crippen molar-refractivity contribution in [1.82, 2.24) is 25.9 Å². The van der Waals surface area contributed by atoms with Crippen LogP contribution in [-0.4, -0.2) is 85.4 Å². The van der Waals surface area contributed by atoms with Gasteiger partial charge in [-0.3, -0.25) is 14.4 Å². The lowest BCUT2D eigenvalue weighted by Gasteiger charge is -2.26. The molecule has 0 aliphatic heterocycles. The number of hydrogen-bond acceptors (Lipinski definition) is 8. The molecule has 0 saturated heterocycles. The second-order valence-corrected chi connectivity index (χ2v) is 8.36. The molecule has 1 aromatic rings. The van der Waals surface area contributed by atoms with Crippen LogP contribution in [0.5, 0.6) is 0 Å². The molecular weight excluding hydrogens is 436 g/mol. The summed E-state index contributed by atoms with van der Waals surface area (Å²) in [5.41, 5.74) is 6.17. The smallest absolute Gasteiger partial charge is 0.328 e. The van der Waals surface area contributed by atoms with E-state index in [4.69, 9.17) is 5.73 Å². The number of aliphatic carboxylic acids is 1. The fourth-order valence-electron chi connectivity index (χ4n) is 2.93. The van der Waals surface area contributed by atoms with Crippen LogP contribution in [0.1, 0.15) is 39.8 Å². The van der Waals surface area contributed by atoms with Crippen molar-refractivity contribution in [2.45, 2.75) is 76.9 Å². The first-order chi connectivity index (χ1) is 15.3. The Morgan fingerprint density at radius 3 is 2.00 bits per heavy atom. The van der Waals surface area contributed by atoms with E-state index in [1.807, 2.05) is 0 Å². The number of amides is 3. The number of nitrogens with one attached hydrogen (secondary N) is 4. The molecule has 13 heteroatoms. The van der Waals surface area contributed by atoms with Gasteiger partial charge in [-0.2, -0.15) is 0 Å². The summed E-state index contributed by atoms with van der Waals surface area (Å²) in [4.78, 5) is 56.1. The molecular formula is C20H34N6O7. The molecule has 0 aliphatic rings. The topological polar surface area (TPSA) is 220 Å². The zero-order valence-corrected chi connectivity index (χ0v) is 19.1. The fraction of sp³-hybridized carbons (Fsp3) is 0.650. The number of carbonyl (C=O) groups excluding carboxylic acids is 3. The van der Waals surface area contributed by atoms with E-state index in [0.29, 0.717) is 5.69 Å². The van der Waals surface area contributed by atoms with Gasteiger partial charge in [0.1, 0.15) is 18.1 Å². The second kappa shape index (κ2) is 12.9. The summed E-state index contributed by atoms with van der Waals surface area (Å²) in [6.45, 7) is 6.16. The van der Waals surface area contributed by atoms with Crippen LogP contribution < -0.4 is 21.7 Å². The van der Waals surface area contributed by atoms with Crippen molar-refractivity contribution >= 4 is 23.7 Å². The van der Waals surface area contributed by atoms with Gasteiger partial charge in [0.05, 0.1) is 18.5 Å². The molecule has 0 radical (unpaired) electrons. The molecule has 1 rings (SSSR count). The molecule has 1 heterocycles. The highest BCUT2D eigenvalue weighted by atomic mass is 16.4. The van der Waals surface area contributed by atoms with Crippen LogP contribution in [0, 0.1) is 5.92 Å². The average Bonchev–Trinajstić information content (AvgIpc) is 3.22. The Morgan fingerprint density at radius 1 is 0.970 bits per heavy atom. The molecule has 9 N–H and O–H groups in total. The highest BCUT2D eigenvalue weighted by Gasteiger charge is 2.32. The average molecular weight is 471 g/mol. The van der Waals surface area contributed by atoms with Gasteiger partial charge in [0.25, 0.3) is 0 Å². The molecule has 0 aromatic carbocycles. The standard InChI is InChI=1S/C20H34N6O7/c1-9(2)5-13(18(30)26-16(11(4)28)20(32)33)24-17(29)14(6-12-7-22-8-23-12)25-19(31)15(21)10(3)27/h7-11,13-16,27-28H,5-6,21H2,1-4H3,(H,22,23)(H,24,29)(H,25,31)(H,26,30)(H,32,33). The van der Waals surface area contributed by atoms with Gasteiger partial charge in [0, 0.05) is 18.3 Å². The third-order valence-electron chi connectivity index (χ3n) is 4.82. The molecule has 0 aliphatic carbocycles. The summed E-state index contributed by atoms with van der Waals surface area (Å²) >= 11 is 0. The molecule has 186 valence electrons. The molecule has 6 atom stereocenters. The number of aromatic nitrogens is 2. The minimum Gasteiger partial charge on any atom is -0.480 e. The van der Waals surface area contributed by atoms with Crippen LogP contribution in [0.3, 0.4) is 0 Å². The second-order valence-electron chi connectivity index (χ2n) is 8.36. The van der Waals surface area contributed by atoms with Gasteiger partial charge >= 0.3 is 5.97 Å². The minimum absolute atomic E-state index is 0.00839. The number of carboxylic acid groups (broad SMARTS) is 1. The third kappa shape index (κ3) is 9.16. The predicted molar refractivity (Wildman–Crippen MR) is 117 cm³/mol. The lowest BCUT2D eigenvalue weighted by molar-refractivity contribution is -0.145. The van der Waals surface area contributed by atoms with Crippen LogP contribution in [0.15, 0.2) is 12.5 Å². The van der Waals surface area contributed by atoms with Crippen molar-refractivity contribution in [2.75, 3.05) is 0 Å². The minimum atomic E-state index is -1.56. The molecule has 6 unspecified atom stereocenters. The highest BCUT2D eigenvalue weighted by molar-refractivity contribution is 5.94. The van der Waals surface area contributed by atoms with E-state index in [9.17, 15) is 34.5 Å². The summed E-state index contributed by atoms with van der Waals surface area (Å²) in [7, 11) is 0. The zero-order valence-electron chi connectivity index (χ0n) is 19.1. The molecule has 0 fully saturated rings. The van der Waals surface area contributed by atoms with Gasteiger partial charge in [-0.05, 0) is 26.2 Å². The zero-order chi connectivity index (χ0) is 25.3. The van der Waals surface area contributed by atoms with Gasteiger partial charge in [0.15, 0.2) is 6.04 Å². The van der Waals surface area contributed by atoms with E-state index < -0.39 is 60.1 Å². The molecule has 0 spiro atoms. The SMILES string of the molecule is CC(C)CC(NC(=O)C(Cc1cnc[nH]1)NC(=O)C(N)C(C)O)C(=O)NC(C(=O)O)C(C)O. The third-order valence-corrected chi connectivity index (χ3v) is 4.82. The molecule has 33 heavy (non-hydrogen) atoms. The number of aliphatic hydroxyl groups is 2. The van der Waals surface area contributed by atoms with Crippen molar-refractivity contribution in [1.29, 1.82) is 0 Å². The number of carbonyl (C=O) groups is 4. The monoisotopic (exact) mass is 470 g/mol. The number of nitrogens with two attached hydrogens (primary N) is 1. The fourth-order valence-corrected chi connectivity index (χ4v) is 2.93. The summed E-state index contributed by atoms with van der Waals surface area (Å²) in [5.74, 6) is -3.77. The van der Waals surface area contributed by atoms with E-state index in [1.54, 1.807) is 13.8 Å². The summed E-state index contributed by atoms with van der Waals surface area (Å²) in [6, 6.07) is -5.14. The number of rotatable bonds is 13. The van der Waals surface area contributed by atoms with E-state index in [0.717, 1.165) is 0 Å². The Hall–Kier alpha value is -3.03. The predicted octanol–water partition coefficient (Wildman–Crippen LogP) is -2.37. The Kier molecular flexibility index (Phi) is 10.9. The van der Waals surface area contributed by atoms with Gasteiger partial charge < -0.3 is 42.0 Å². The first-order valence-corrected chi connectivity index (χ1v) is 10.6. The van der Waals surface area contributed by atoms with E-state index >= 15 is 0 Å². The van der Waals surface area contributed by atoms with Crippen molar-refractivity contribution in [3.05, 3.63) is 18.2 Å². The number of aromatic amines is 1. The van der Waals surface area contributed by atoms with Crippen LogP contribution >= 0.6 is 0 Å². The van der Waals surface area contributed by atoms with E-state index in [2.05, 4.69) is 25.9 Å². The van der Waals surface area contributed by atoms with Gasteiger partial charge in [-0.1, -0.05) is 13.8 Å². The van der Waals surface area contributed by atoms with Gasteiger partial charge in [0.2, 0.25) is 17.7 Å². The van der Waals surface area contributed by atoms with Crippen LogP contribution in [0.2, 0.25) is 0 Å². The Labute approximate surface area is 191 Å². The van der Waals surface area contributed by atoms with Gasteiger partial charge in [-0.25, -0.2) is 9.78 Å². The lowest BCUT2D eigenvalue weighted by atomic mass is 10.0. The Balaban J connectivity index is 3.06. The summed E-state index contributed by atoms with van der Waals surface area (Å²) < 4.78 is 0. The number of H-pyrrole nitrogens is 1. The first-order valence-electron chi connectivity index (χ1n) is 10.6. The molecule has 0 bridgehead atoms. The quantitative estimate of drug-likeness (QED) is 0.154. The maximum atomic E-state index is 13.0. The number of hydrogen-bond donors (Lipinski definition) is 8. The van der Waals surface area contributed by atoms with Gasteiger partial charge in [-0.15, -0.1) is 0 Å². The maximum Gasteiger partial charge on any atom is 0.328 e. The lowest BCUT2D eigenvalue weighted by Crippen LogP contribution is -2.59. The highest BCUT2D eigenvalue weighted by Crippen LogP contribution is 2.08. The van der Waals surface area contributed by atoms with Crippen LogP contribution in [-0.2, 0) is 25.6 Å². The molecule has 0 saturated carbocycles. The largest absolute Gasteiger partial charge is 0.480 e. The van der Waals surface area contributed by atoms with Crippen LogP contribution in [0.25, 0.3) is 0 Å². The van der Waals surface area contributed by atoms with Crippen LogP contribution in [0.4, 0.5) is 0 Å². The molecule has 13 nitrogen and oxygen atoms in total. The van der Waals surface area contributed by atoms with Crippen molar-refractivity contribution in [2.24, 2.45) is 11.7 Å². The van der Waals surface area contributed by atoms with E-state index in [1.165, 1.54) is 26.4 Å². The number of imidazole rings is 1. The van der Waals surface area contributed by atoms with Crippen molar-refractivity contribution in [3.63, 3.8) is 0 Å². The summed E-state index contributed by atoms with van der Waals surface area (Å²) in [6.07, 6.45) is 0.488. The molecule has 1 aromatic heterocycles. The maximum absolute atomic E-state index is 13.0. The number of nitrogens with zero attached hydrogens (tertiary/aromatic N) is 1.